The second-order valence-corrected chi connectivity index (χ2v) is 5.75. The number of benzene rings is 2. The monoisotopic (exact) mass is 291 g/mol. The molecule has 0 fully saturated rings. The summed E-state index contributed by atoms with van der Waals surface area (Å²) in [4.78, 5) is 0. The van der Waals surface area contributed by atoms with E-state index in [1.54, 1.807) is 12.1 Å². The number of hydrogen-bond acceptors (Lipinski definition) is 3. The third kappa shape index (κ3) is 1.88. The van der Waals surface area contributed by atoms with Gasteiger partial charge in [-0.15, -0.1) is 0 Å². The Hall–Kier alpha value is -2.75. The molecule has 0 saturated carbocycles. The van der Waals surface area contributed by atoms with E-state index in [9.17, 15) is 5.11 Å². The van der Waals surface area contributed by atoms with Crippen LogP contribution in [0.25, 0.3) is 11.3 Å². The number of aromatic hydroxyl groups is 1. The minimum atomic E-state index is -0.121. The molecule has 2 N–H and O–H groups in total. The van der Waals surface area contributed by atoms with Crippen molar-refractivity contribution >= 4 is 5.69 Å². The van der Waals surface area contributed by atoms with Gasteiger partial charge < -0.3 is 10.4 Å². The molecule has 0 saturated heterocycles. The second kappa shape index (κ2) is 4.63. The summed E-state index contributed by atoms with van der Waals surface area (Å²) < 4.78 is 1.99. The Morgan fingerprint density at radius 3 is 2.73 bits per heavy atom. The Kier molecular flexibility index (Phi) is 2.73. The Balaban J connectivity index is 1.94. The second-order valence-electron chi connectivity index (χ2n) is 5.75. The van der Waals surface area contributed by atoms with E-state index in [0.29, 0.717) is 0 Å². The number of anilines is 1. The van der Waals surface area contributed by atoms with Gasteiger partial charge in [0.15, 0.2) is 0 Å². The maximum Gasteiger partial charge on any atom is 0.147 e. The highest BCUT2D eigenvalue weighted by atomic mass is 16.3. The molecule has 2 heterocycles. The first-order valence-electron chi connectivity index (χ1n) is 7.35. The van der Waals surface area contributed by atoms with Crippen molar-refractivity contribution in [3.8, 4) is 17.0 Å². The summed E-state index contributed by atoms with van der Waals surface area (Å²) in [5.74, 6) is 0.264. The van der Waals surface area contributed by atoms with Crippen LogP contribution in [0.4, 0.5) is 5.69 Å². The van der Waals surface area contributed by atoms with Crippen LogP contribution in [0.15, 0.2) is 48.5 Å². The van der Waals surface area contributed by atoms with Gasteiger partial charge in [0.2, 0.25) is 0 Å². The van der Waals surface area contributed by atoms with E-state index in [2.05, 4.69) is 41.6 Å². The Morgan fingerprint density at radius 2 is 1.91 bits per heavy atom. The minimum Gasteiger partial charge on any atom is -0.508 e. The molecule has 4 heteroatoms. The van der Waals surface area contributed by atoms with Gasteiger partial charge in [0.1, 0.15) is 11.9 Å². The summed E-state index contributed by atoms with van der Waals surface area (Å²) in [5.41, 5.74) is 6.56. The molecule has 1 aromatic heterocycles. The van der Waals surface area contributed by atoms with Crippen molar-refractivity contribution in [1.82, 2.24) is 9.78 Å². The summed E-state index contributed by atoms with van der Waals surface area (Å²) in [6, 6.07) is 15.7. The molecule has 0 radical (unpaired) electrons. The fourth-order valence-electron chi connectivity index (χ4n) is 3.10. The number of nitrogens with one attached hydrogen (secondary N) is 1. The lowest BCUT2D eigenvalue weighted by atomic mass is 10.0. The summed E-state index contributed by atoms with van der Waals surface area (Å²) in [7, 11) is 0. The third-order valence-electron chi connectivity index (χ3n) is 4.12. The third-order valence-corrected chi connectivity index (χ3v) is 4.12. The zero-order chi connectivity index (χ0) is 15.3. The molecule has 0 spiro atoms. The number of phenols is 1. The van der Waals surface area contributed by atoms with E-state index in [-0.39, 0.29) is 11.9 Å². The van der Waals surface area contributed by atoms with Crippen LogP contribution in [0.5, 0.6) is 5.75 Å². The zero-order valence-corrected chi connectivity index (χ0v) is 12.5. The number of para-hydroxylation sites is 1. The number of aryl methyl sites for hydroxylation is 2. The average molecular weight is 291 g/mol. The number of fused-ring (bicyclic) bond motifs is 3. The molecule has 4 rings (SSSR count). The fraction of sp³-hybridized carbons (Fsp3) is 0.167. The molecule has 0 bridgehead atoms. The van der Waals surface area contributed by atoms with Crippen molar-refractivity contribution in [2.24, 2.45) is 0 Å². The van der Waals surface area contributed by atoms with Crippen LogP contribution in [0.3, 0.4) is 0 Å². The number of rotatable bonds is 1. The topological polar surface area (TPSA) is 50.1 Å². The first-order chi connectivity index (χ1) is 10.6. The van der Waals surface area contributed by atoms with E-state index < -0.39 is 0 Å². The van der Waals surface area contributed by atoms with Gasteiger partial charge in [0, 0.05) is 16.8 Å². The largest absolute Gasteiger partial charge is 0.508 e. The molecular formula is C18H17N3O. The number of aromatic nitrogens is 2. The maximum absolute atomic E-state index is 9.79. The fourth-order valence-corrected chi connectivity index (χ4v) is 3.10. The Labute approximate surface area is 129 Å². The van der Waals surface area contributed by atoms with Crippen LogP contribution in [0.1, 0.15) is 23.0 Å². The van der Waals surface area contributed by atoms with Crippen LogP contribution < -0.4 is 5.32 Å². The van der Waals surface area contributed by atoms with Crippen LogP contribution in [-0.4, -0.2) is 14.9 Å². The molecule has 110 valence electrons. The van der Waals surface area contributed by atoms with Crippen molar-refractivity contribution < 1.29 is 5.11 Å². The maximum atomic E-state index is 9.79. The van der Waals surface area contributed by atoms with Gasteiger partial charge in [-0.25, -0.2) is 4.68 Å². The van der Waals surface area contributed by atoms with E-state index in [1.807, 2.05) is 23.7 Å². The van der Waals surface area contributed by atoms with Gasteiger partial charge >= 0.3 is 0 Å². The smallest absolute Gasteiger partial charge is 0.147 e. The van der Waals surface area contributed by atoms with Gasteiger partial charge in [-0.05, 0) is 37.6 Å². The molecule has 1 aliphatic heterocycles. The molecule has 1 aliphatic rings. The van der Waals surface area contributed by atoms with Gasteiger partial charge in [0.25, 0.3) is 0 Å². The lowest BCUT2D eigenvalue weighted by molar-refractivity contribution is 0.472. The lowest BCUT2D eigenvalue weighted by Gasteiger charge is -2.30. The average Bonchev–Trinajstić information content (AvgIpc) is 2.88. The lowest BCUT2D eigenvalue weighted by Crippen LogP contribution is -2.26. The van der Waals surface area contributed by atoms with Crippen molar-refractivity contribution in [3.63, 3.8) is 0 Å². The number of phenolic OH excluding ortho intramolecular Hbond substituents is 1. The summed E-state index contributed by atoms with van der Waals surface area (Å²) in [5, 5.41) is 18.0. The van der Waals surface area contributed by atoms with Crippen molar-refractivity contribution in [3.05, 3.63) is 65.4 Å². The summed E-state index contributed by atoms with van der Waals surface area (Å²) in [6.45, 7) is 4.10. The molecule has 1 atom stereocenters. The van der Waals surface area contributed by atoms with E-state index in [4.69, 9.17) is 0 Å². The van der Waals surface area contributed by atoms with Crippen LogP contribution in [-0.2, 0) is 0 Å². The standard InChI is InChI=1S/C18H17N3O/c1-11-5-3-8-15-16-9-12(2)20-21(16)18(19-17(11)15)13-6-4-7-14(22)10-13/h3-10,18-19,22H,1-2H3/t18-/m0/s1. The van der Waals surface area contributed by atoms with Crippen LogP contribution in [0, 0.1) is 13.8 Å². The summed E-state index contributed by atoms with van der Waals surface area (Å²) >= 11 is 0. The molecule has 2 aromatic carbocycles. The van der Waals surface area contributed by atoms with Gasteiger partial charge in [0.05, 0.1) is 11.4 Å². The first-order valence-corrected chi connectivity index (χ1v) is 7.35. The predicted octanol–water partition coefficient (Wildman–Crippen LogP) is 3.84. The predicted molar refractivity (Wildman–Crippen MR) is 87.0 cm³/mol. The molecular weight excluding hydrogens is 274 g/mol. The zero-order valence-electron chi connectivity index (χ0n) is 12.5. The molecule has 0 unspecified atom stereocenters. The molecule has 22 heavy (non-hydrogen) atoms. The highest BCUT2D eigenvalue weighted by Gasteiger charge is 2.27. The quantitative estimate of drug-likeness (QED) is 0.716. The van der Waals surface area contributed by atoms with Crippen molar-refractivity contribution in [1.29, 1.82) is 0 Å². The SMILES string of the molecule is Cc1cc2n(n1)[C@@H](c1cccc(O)c1)Nc1c(C)cccc1-2. The van der Waals surface area contributed by atoms with E-state index in [0.717, 1.165) is 28.2 Å². The molecule has 0 aliphatic carbocycles. The molecule has 4 nitrogen and oxygen atoms in total. The summed E-state index contributed by atoms with van der Waals surface area (Å²) in [6.07, 6.45) is -0.121. The number of nitrogens with zero attached hydrogens (tertiary/aromatic N) is 2. The highest BCUT2D eigenvalue weighted by molar-refractivity contribution is 5.81. The van der Waals surface area contributed by atoms with Crippen molar-refractivity contribution in [2.75, 3.05) is 5.32 Å². The number of hydrogen-bond donors (Lipinski definition) is 2. The van der Waals surface area contributed by atoms with Crippen LogP contribution >= 0.6 is 0 Å². The van der Waals surface area contributed by atoms with Crippen molar-refractivity contribution in [2.45, 2.75) is 20.0 Å². The van der Waals surface area contributed by atoms with E-state index >= 15 is 0 Å². The van der Waals surface area contributed by atoms with Gasteiger partial charge in [-0.1, -0.05) is 30.3 Å². The minimum absolute atomic E-state index is 0.121. The Bertz CT molecular complexity index is 867. The molecule has 0 amide bonds. The Morgan fingerprint density at radius 1 is 1.09 bits per heavy atom. The van der Waals surface area contributed by atoms with Gasteiger partial charge in [-0.3, -0.25) is 0 Å². The van der Waals surface area contributed by atoms with Crippen LogP contribution in [0.2, 0.25) is 0 Å². The highest BCUT2D eigenvalue weighted by Crippen LogP contribution is 2.40. The molecule has 3 aromatic rings. The van der Waals surface area contributed by atoms with Gasteiger partial charge in [-0.2, -0.15) is 5.10 Å². The normalized spacial score (nSPS) is 15.8. The first kappa shape index (κ1) is 13.0. The van der Waals surface area contributed by atoms with E-state index in [1.165, 1.54) is 5.56 Å².